The van der Waals surface area contributed by atoms with Crippen molar-refractivity contribution < 1.29 is 4.79 Å². The molecule has 1 N–H and O–H groups in total. The van der Waals surface area contributed by atoms with Gasteiger partial charge in [-0.25, -0.2) is 5.43 Å². The van der Waals surface area contributed by atoms with Crippen LogP contribution in [0.1, 0.15) is 22.8 Å². The highest BCUT2D eigenvalue weighted by Crippen LogP contribution is 2.19. The number of nitrogens with zero attached hydrogens (tertiary/aromatic N) is 1. The van der Waals surface area contributed by atoms with Crippen molar-refractivity contribution in [3.05, 3.63) is 82.9 Å². The van der Waals surface area contributed by atoms with Gasteiger partial charge in [-0.2, -0.15) is 5.10 Å². The number of benzene rings is 3. The third kappa shape index (κ3) is 3.41. The number of hydrazone groups is 1. The third-order valence-corrected chi connectivity index (χ3v) is 3.83. The lowest BCUT2D eigenvalue weighted by Crippen LogP contribution is -2.19. The van der Waals surface area contributed by atoms with Crippen LogP contribution in [0.15, 0.2) is 71.8 Å². The van der Waals surface area contributed by atoms with E-state index in [9.17, 15) is 4.79 Å². The van der Waals surface area contributed by atoms with E-state index in [0.717, 1.165) is 22.0 Å². The highest BCUT2D eigenvalue weighted by molar-refractivity contribution is 6.31. The molecule has 0 radical (unpaired) electrons. The zero-order chi connectivity index (χ0) is 16.2. The first-order valence-electron chi connectivity index (χ1n) is 7.23. The molecule has 0 aliphatic carbocycles. The minimum absolute atomic E-state index is 0.285. The van der Waals surface area contributed by atoms with Crippen LogP contribution in [0.3, 0.4) is 0 Å². The second-order valence-corrected chi connectivity index (χ2v) is 5.61. The van der Waals surface area contributed by atoms with Crippen molar-refractivity contribution in [1.82, 2.24) is 5.43 Å². The van der Waals surface area contributed by atoms with E-state index in [2.05, 4.69) is 22.7 Å². The number of fused-ring (bicyclic) bond motifs is 1. The number of carbonyl (C=O) groups excluding carboxylic acids is 1. The SMILES string of the molecule is C/C(=N\NC(=O)c1cccc(Cl)c1)c1cccc2ccccc12. The second kappa shape index (κ2) is 6.63. The molecule has 0 aliphatic heterocycles. The summed E-state index contributed by atoms with van der Waals surface area (Å²) in [6.07, 6.45) is 0. The summed E-state index contributed by atoms with van der Waals surface area (Å²) in [7, 11) is 0. The first-order chi connectivity index (χ1) is 11.1. The Kier molecular flexibility index (Phi) is 4.40. The first-order valence-corrected chi connectivity index (χ1v) is 7.61. The minimum atomic E-state index is -0.285. The smallest absolute Gasteiger partial charge is 0.267 e. The van der Waals surface area contributed by atoms with E-state index in [-0.39, 0.29) is 5.91 Å². The van der Waals surface area contributed by atoms with Crippen molar-refractivity contribution >= 4 is 34.0 Å². The Morgan fingerprint density at radius 2 is 1.74 bits per heavy atom. The molecule has 4 heteroatoms. The van der Waals surface area contributed by atoms with Gasteiger partial charge in [-0.15, -0.1) is 0 Å². The number of nitrogens with one attached hydrogen (secondary N) is 1. The Balaban J connectivity index is 1.86. The van der Waals surface area contributed by atoms with Gasteiger partial charge in [0.15, 0.2) is 0 Å². The Bertz CT molecular complexity index is 897. The highest BCUT2D eigenvalue weighted by atomic mass is 35.5. The number of carbonyl (C=O) groups is 1. The maximum absolute atomic E-state index is 12.1. The van der Waals surface area contributed by atoms with Crippen LogP contribution in [-0.2, 0) is 0 Å². The van der Waals surface area contributed by atoms with E-state index in [4.69, 9.17) is 11.6 Å². The predicted octanol–water partition coefficient (Wildman–Crippen LogP) is 4.65. The summed E-state index contributed by atoms with van der Waals surface area (Å²) >= 11 is 5.90. The van der Waals surface area contributed by atoms with Crippen LogP contribution in [0.4, 0.5) is 0 Å². The van der Waals surface area contributed by atoms with Gasteiger partial charge in [0.1, 0.15) is 0 Å². The molecule has 0 unspecified atom stereocenters. The molecule has 1 amide bonds. The van der Waals surface area contributed by atoms with Crippen molar-refractivity contribution in [3.63, 3.8) is 0 Å². The maximum Gasteiger partial charge on any atom is 0.271 e. The Morgan fingerprint density at radius 1 is 1.00 bits per heavy atom. The summed E-state index contributed by atoms with van der Waals surface area (Å²) in [5, 5.41) is 6.99. The number of hydrogen-bond acceptors (Lipinski definition) is 2. The summed E-state index contributed by atoms with van der Waals surface area (Å²) in [5.74, 6) is -0.285. The fraction of sp³-hybridized carbons (Fsp3) is 0.0526. The van der Waals surface area contributed by atoms with Crippen LogP contribution >= 0.6 is 11.6 Å². The molecule has 3 rings (SSSR count). The van der Waals surface area contributed by atoms with E-state index >= 15 is 0 Å². The van der Waals surface area contributed by atoms with Crippen LogP contribution in [0.5, 0.6) is 0 Å². The number of rotatable bonds is 3. The van der Waals surface area contributed by atoms with E-state index in [1.807, 2.05) is 37.3 Å². The average Bonchev–Trinajstić information content (AvgIpc) is 2.59. The number of amides is 1. The maximum atomic E-state index is 12.1. The van der Waals surface area contributed by atoms with Gasteiger partial charge in [0.25, 0.3) is 5.91 Å². The lowest BCUT2D eigenvalue weighted by atomic mass is 10.0. The molecule has 0 saturated heterocycles. The molecule has 23 heavy (non-hydrogen) atoms. The monoisotopic (exact) mass is 322 g/mol. The Labute approximate surface area is 139 Å². The average molecular weight is 323 g/mol. The standard InChI is InChI=1S/C19H15ClN2O/c1-13(17-11-5-7-14-6-2-3-10-18(14)17)21-22-19(23)15-8-4-9-16(20)12-15/h2-12H,1H3,(H,22,23)/b21-13+. The fourth-order valence-electron chi connectivity index (χ4n) is 2.43. The van der Waals surface area contributed by atoms with E-state index in [0.29, 0.717) is 10.6 Å². The van der Waals surface area contributed by atoms with Crippen LogP contribution in [-0.4, -0.2) is 11.6 Å². The van der Waals surface area contributed by atoms with Gasteiger partial charge in [0.2, 0.25) is 0 Å². The van der Waals surface area contributed by atoms with E-state index in [1.54, 1.807) is 24.3 Å². The molecule has 3 aromatic carbocycles. The molecule has 0 bridgehead atoms. The van der Waals surface area contributed by atoms with Crippen LogP contribution < -0.4 is 5.43 Å². The molecule has 3 nitrogen and oxygen atoms in total. The van der Waals surface area contributed by atoms with Gasteiger partial charge in [-0.05, 0) is 35.9 Å². The summed E-state index contributed by atoms with van der Waals surface area (Å²) in [4.78, 5) is 12.1. The summed E-state index contributed by atoms with van der Waals surface area (Å²) in [6.45, 7) is 1.88. The van der Waals surface area contributed by atoms with Gasteiger partial charge in [-0.3, -0.25) is 4.79 Å². The molecule has 0 saturated carbocycles. The lowest BCUT2D eigenvalue weighted by molar-refractivity contribution is 0.0955. The quantitative estimate of drug-likeness (QED) is 0.553. The normalized spacial score (nSPS) is 11.5. The Hall–Kier alpha value is -2.65. The molecule has 0 aliphatic rings. The van der Waals surface area contributed by atoms with Crippen LogP contribution in [0.2, 0.25) is 5.02 Å². The van der Waals surface area contributed by atoms with Gasteiger partial charge in [-0.1, -0.05) is 60.1 Å². The van der Waals surface area contributed by atoms with Crippen molar-refractivity contribution in [2.75, 3.05) is 0 Å². The highest BCUT2D eigenvalue weighted by Gasteiger charge is 2.07. The molecule has 114 valence electrons. The van der Waals surface area contributed by atoms with Crippen LogP contribution in [0.25, 0.3) is 10.8 Å². The van der Waals surface area contributed by atoms with Gasteiger partial charge < -0.3 is 0 Å². The molecular formula is C19H15ClN2O. The zero-order valence-electron chi connectivity index (χ0n) is 12.6. The van der Waals surface area contributed by atoms with Gasteiger partial charge >= 0.3 is 0 Å². The largest absolute Gasteiger partial charge is 0.271 e. The summed E-state index contributed by atoms with van der Waals surface area (Å²) in [5.41, 5.74) is 4.80. The molecule has 0 heterocycles. The van der Waals surface area contributed by atoms with E-state index in [1.165, 1.54) is 0 Å². The fourth-order valence-corrected chi connectivity index (χ4v) is 2.62. The van der Waals surface area contributed by atoms with E-state index < -0.39 is 0 Å². The first kappa shape index (κ1) is 15.3. The molecule has 0 fully saturated rings. The summed E-state index contributed by atoms with van der Waals surface area (Å²) < 4.78 is 0. The topological polar surface area (TPSA) is 41.5 Å². The zero-order valence-corrected chi connectivity index (χ0v) is 13.3. The second-order valence-electron chi connectivity index (χ2n) is 5.18. The van der Waals surface area contributed by atoms with Crippen LogP contribution in [0, 0.1) is 0 Å². The minimum Gasteiger partial charge on any atom is -0.267 e. The predicted molar refractivity (Wildman–Crippen MR) is 95.1 cm³/mol. The van der Waals surface area contributed by atoms with Gasteiger partial charge in [0.05, 0.1) is 5.71 Å². The molecule has 0 aromatic heterocycles. The Morgan fingerprint density at radius 3 is 2.57 bits per heavy atom. The number of hydrogen-bond donors (Lipinski definition) is 1. The van der Waals surface area contributed by atoms with Crippen molar-refractivity contribution in [1.29, 1.82) is 0 Å². The molecule has 0 spiro atoms. The number of halogens is 1. The van der Waals surface area contributed by atoms with Crippen molar-refractivity contribution in [2.24, 2.45) is 5.10 Å². The molecule has 3 aromatic rings. The molecular weight excluding hydrogens is 308 g/mol. The van der Waals surface area contributed by atoms with Crippen molar-refractivity contribution in [3.8, 4) is 0 Å². The van der Waals surface area contributed by atoms with Crippen molar-refractivity contribution in [2.45, 2.75) is 6.92 Å². The summed E-state index contributed by atoms with van der Waals surface area (Å²) in [6, 6.07) is 20.9. The third-order valence-electron chi connectivity index (χ3n) is 3.59. The lowest BCUT2D eigenvalue weighted by Gasteiger charge is -2.07. The van der Waals surface area contributed by atoms with Gasteiger partial charge in [0, 0.05) is 16.1 Å². The molecule has 0 atom stereocenters.